The monoisotopic (exact) mass is 295 g/mol. The van der Waals surface area contributed by atoms with E-state index >= 15 is 0 Å². The predicted octanol–water partition coefficient (Wildman–Crippen LogP) is 4.42. The van der Waals surface area contributed by atoms with Gasteiger partial charge in [-0.25, -0.2) is 0 Å². The van der Waals surface area contributed by atoms with Crippen LogP contribution >= 0.6 is 11.6 Å². The lowest BCUT2D eigenvalue weighted by molar-refractivity contribution is -0.0846. The third-order valence-corrected chi connectivity index (χ3v) is 4.55. The minimum absolute atomic E-state index is 0.00480. The van der Waals surface area contributed by atoms with Crippen LogP contribution in [0.25, 0.3) is 0 Å². The summed E-state index contributed by atoms with van der Waals surface area (Å²) >= 11 is 6.04. The van der Waals surface area contributed by atoms with E-state index in [2.05, 4.69) is 25.2 Å². The summed E-state index contributed by atoms with van der Waals surface area (Å²) in [6.45, 7) is 7.10. The molecule has 1 saturated carbocycles. The molecule has 0 bridgehead atoms. The number of halogens is 1. The maximum absolute atomic E-state index is 6.34. The molecule has 1 aliphatic carbocycles. The molecule has 0 amide bonds. The minimum atomic E-state index is 0.00480. The molecule has 1 aliphatic rings. The normalized spacial score (nSPS) is 26.6. The van der Waals surface area contributed by atoms with Crippen molar-refractivity contribution in [3.8, 4) is 0 Å². The highest BCUT2D eigenvalue weighted by molar-refractivity contribution is 6.30. The minimum Gasteiger partial charge on any atom is -0.369 e. The van der Waals surface area contributed by atoms with Crippen molar-refractivity contribution < 1.29 is 4.74 Å². The van der Waals surface area contributed by atoms with E-state index < -0.39 is 0 Å². The lowest BCUT2D eigenvalue weighted by atomic mass is 9.79. The van der Waals surface area contributed by atoms with Crippen molar-refractivity contribution in [1.82, 2.24) is 5.32 Å². The van der Waals surface area contributed by atoms with Crippen molar-refractivity contribution in [2.45, 2.75) is 51.7 Å². The lowest BCUT2D eigenvalue weighted by Crippen LogP contribution is -2.45. The first-order valence-electron chi connectivity index (χ1n) is 7.73. The van der Waals surface area contributed by atoms with Gasteiger partial charge in [-0.15, -0.1) is 0 Å². The molecule has 2 nitrogen and oxygen atoms in total. The standard InChI is InChI=1S/C17H26ClNO/c1-3-19-13-17(9-7-14(2)8-10-17)20-12-15-5-4-6-16(18)11-15/h4-6,11,14,19H,3,7-10,12-13H2,1-2H3. The van der Waals surface area contributed by atoms with E-state index in [9.17, 15) is 0 Å². The molecule has 1 N–H and O–H groups in total. The van der Waals surface area contributed by atoms with E-state index in [1.54, 1.807) is 0 Å². The molecule has 1 fully saturated rings. The van der Waals surface area contributed by atoms with Crippen LogP contribution in [0.2, 0.25) is 5.02 Å². The maximum Gasteiger partial charge on any atom is 0.0811 e. The molecule has 0 unspecified atom stereocenters. The van der Waals surface area contributed by atoms with Gasteiger partial charge in [0.05, 0.1) is 12.2 Å². The third kappa shape index (κ3) is 4.47. The fourth-order valence-electron chi connectivity index (χ4n) is 2.88. The topological polar surface area (TPSA) is 21.3 Å². The highest BCUT2D eigenvalue weighted by Crippen LogP contribution is 2.35. The Morgan fingerprint density at radius 1 is 1.35 bits per heavy atom. The molecular weight excluding hydrogens is 270 g/mol. The van der Waals surface area contributed by atoms with Gasteiger partial charge >= 0.3 is 0 Å². The van der Waals surface area contributed by atoms with Gasteiger partial charge in [-0.3, -0.25) is 0 Å². The molecule has 0 atom stereocenters. The molecule has 3 heteroatoms. The van der Waals surface area contributed by atoms with Crippen LogP contribution in [-0.2, 0) is 11.3 Å². The summed E-state index contributed by atoms with van der Waals surface area (Å²) in [7, 11) is 0. The van der Waals surface area contributed by atoms with Crippen LogP contribution in [-0.4, -0.2) is 18.7 Å². The Morgan fingerprint density at radius 2 is 2.10 bits per heavy atom. The zero-order valence-corrected chi connectivity index (χ0v) is 13.4. The number of likely N-dealkylation sites (N-methyl/N-ethyl adjacent to an activating group) is 1. The van der Waals surface area contributed by atoms with E-state index in [1.165, 1.54) is 12.8 Å². The van der Waals surface area contributed by atoms with Crippen LogP contribution in [0.5, 0.6) is 0 Å². The van der Waals surface area contributed by atoms with Crippen LogP contribution in [0.4, 0.5) is 0 Å². The largest absolute Gasteiger partial charge is 0.369 e. The molecule has 1 aromatic carbocycles. The summed E-state index contributed by atoms with van der Waals surface area (Å²) in [5, 5.41) is 4.25. The van der Waals surface area contributed by atoms with Crippen LogP contribution in [0.3, 0.4) is 0 Å². The van der Waals surface area contributed by atoms with Gasteiger partial charge in [0.25, 0.3) is 0 Å². The second-order valence-electron chi connectivity index (χ2n) is 6.06. The fraction of sp³-hybridized carbons (Fsp3) is 0.647. The van der Waals surface area contributed by atoms with E-state index in [0.29, 0.717) is 6.61 Å². The first-order valence-corrected chi connectivity index (χ1v) is 8.10. The molecule has 0 aliphatic heterocycles. The van der Waals surface area contributed by atoms with Gasteiger partial charge in [0.1, 0.15) is 0 Å². The molecule has 1 aromatic rings. The Kier molecular flexibility index (Phi) is 5.88. The molecule has 20 heavy (non-hydrogen) atoms. The van der Waals surface area contributed by atoms with E-state index in [4.69, 9.17) is 16.3 Å². The van der Waals surface area contributed by atoms with Crippen molar-refractivity contribution >= 4 is 11.6 Å². The van der Waals surface area contributed by atoms with Gasteiger partial charge < -0.3 is 10.1 Å². The summed E-state index contributed by atoms with van der Waals surface area (Å²) in [5.41, 5.74) is 1.16. The Bertz CT molecular complexity index is 408. The Morgan fingerprint density at radius 3 is 2.75 bits per heavy atom. The quantitative estimate of drug-likeness (QED) is 0.839. The second kappa shape index (κ2) is 7.44. The van der Waals surface area contributed by atoms with Crippen molar-refractivity contribution in [1.29, 1.82) is 0 Å². The Hall–Kier alpha value is -0.570. The highest BCUT2D eigenvalue weighted by Gasteiger charge is 2.34. The SMILES string of the molecule is CCNCC1(OCc2cccc(Cl)c2)CCC(C)CC1. The molecule has 2 rings (SSSR count). The summed E-state index contributed by atoms with van der Waals surface area (Å²) in [6, 6.07) is 7.97. The Labute approximate surface area is 127 Å². The summed E-state index contributed by atoms with van der Waals surface area (Å²) < 4.78 is 6.34. The summed E-state index contributed by atoms with van der Waals surface area (Å²) in [4.78, 5) is 0. The van der Waals surface area contributed by atoms with Crippen molar-refractivity contribution in [2.75, 3.05) is 13.1 Å². The van der Waals surface area contributed by atoms with E-state index in [1.807, 2.05) is 18.2 Å². The molecule has 0 saturated heterocycles. The molecule has 0 heterocycles. The van der Waals surface area contributed by atoms with E-state index in [0.717, 1.165) is 42.4 Å². The molecular formula is C17H26ClNO. The number of benzene rings is 1. The number of ether oxygens (including phenoxy) is 1. The van der Waals surface area contributed by atoms with E-state index in [-0.39, 0.29) is 5.60 Å². The maximum atomic E-state index is 6.34. The number of nitrogens with one attached hydrogen (secondary N) is 1. The first kappa shape index (κ1) is 15.8. The zero-order chi connectivity index (χ0) is 14.4. The first-order chi connectivity index (χ1) is 9.63. The van der Waals surface area contributed by atoms with Gasteiger partial charge in [-0.05, 0) is 55.8 Å². The van der Waals surface area contributed by atoms with Crippen molar-refractivity contribution in [3.63, 3.8) is 0 Å². The van der Waals surface area contributed by atoms with Crippen LogP contribution in [0, 0.1) is 5.92 Å². The lowest BCUT2D eigenvalue weighted by Gasteiger charge is -2.39. The molecule has 112 valence electrons. The van der Waals surface area contributed by atoms with Crippen molar-refractivity contribution in [3.05, 3.63) is 34.9 Å². The number of hydrogen-bond donors (Lipinski definition) is 1. The molecule has 0 aromatic heterocycles. The average molecular weight is 296 g/mol. The molecule has 0 radical (unpaired) electrons. The number of rotatable bonds is 6. The average Bonchev–Trinajstić information content (AvgIpc) is 2.46. The zero-order valence-electron chi connectivity index (χ0n) is 12.6. The van der Waals surface area contributed by atoms with Gasteiger partial charge in [-0.1, -0.05) is 37.6 Å². The highest BCUT2D eigenvalue weighted by atomic mass is 35.5. The van der Waals surface area contributed by atoms with Crippen LogP contribution in [0.15, 0.2) is 24.3 Å². The van der Waals surface area contributed by atoms with Crippen LogP contribution in [0.1, 0.15) is 45.1 Å². The second-order valence-corrected chi connectivity index (χ2v) is 6.50. The molecule has 0 spiro atoms. The predicted molar refractivity (Wildman–Crippen MR) is 85.1 cm³/mol. The fourth-order valence-corrected chi connectivity index (χ4v) is 3.09. The van der Waals surface area contributed by atoms with Gasteiger partial charge in [0, 0.05) is 11.6 Å². The van der Waals surface area contributed by atoms with Gasteiger partial charge in [-0.2, -0.15) is 0 Å². The Balaban J connectivity index is 1.97. The van der Waals surface area contributed by atoms with Gasteiger partial charge in [0.2, 0.25) is 0 Å². The third-order valence-electron chi connectivity index (χ3n) is 4.32. The van der Waals surface area contributed by atoms with Gasteiger partial charge in [0.15, 0.2) is 0 Å². The smallest absolute Gasteiger partial charge is 0.0811 e. The van der Waals surface area contributed by atoms with Crippen molar-refractivity contribution in [2.24, 2.45) is 5.92 Å². The summed E-state index contributed by atoms with van der Waals surface area (Å²) in [5.74, 6) is 0.833. The van der Waals surface area contributed by atoms with Crippen LogP contribution < -0.4 is 5.32 Å². The summed E-state index contributed by atoms with van der Waals surface area (Å²) in [6.07, 6.45) is 4.84. The number of hydrogen-bond acceptors (Lipinski definition) is 2.